The van der Waals surface area contributed by atoms with Crippen molar-refractivity contribution in [2.45, 2.75) is 19.3 Å². The van der Waals surface area contributed by atoms with Crippen LogP contribution in [0.4, 0.5) is 0 Å². The van der Waals surface area contributed by atoms with Crippen molar-refractivity contribution in [1.29, 1.82) is 0 Å². The SMILES string of the molecule is CC(Cc1ccccc1OCCCl)c1ccccc1. The highest BCUT2D eigenvalue weighted by molar-refractivity contribution is 6.18. The topological polar surface area (TPSA) is 9.23 Å². The minimum Gasteiger partial charge on any atom is -0.492 e. The van der Waals surface area contributed by atoms with Gasteiger partial charge in [-0.2, -0.15) is 0 Å². The van der Waals surface area contributed by atoms with Gasteiger partial charge in [0, 0.05) is 0 Å². The average molecular weight is 275 g/mol. The van der Waals surface area contributed by atoms with Gasteiger partial charge in [0.1, 0.15) is 12.4 Å². The van der Waals surface area contributed by atoms with Crippen molar-refractivity contribution in [2.75, 3.05) is 12.5 Å². The fourth-order valence-corrected chi connectivity index (χ4v) is 2.27. The van der Waals surface area contributed by atoms with E-state index < -0.39 is 0 Å². The van der Waals surface area contributed by atoms with Gasteiger partial charge >= 0.3 is 0 Å². The second-order valence-electron chi connectivity index (χ2n) is 4.66. The quantitative estimate of drug-likeness (QED) is 0.697. The second kappa shape index (κ2) is 7.20. The lowest BCUT2D eigenvalue weighted by molar-refractivity contribution is 0.338. The van der Waals surface area contributed by atoms with E-state index in [0.29, 0.717) is 18.4 Å². The van der Waals surface area contributed by atoms with E-state index in [1.54, 1.807) is 0 Å². The van der Waals surface area contributed by atoms with E-state index in [4.69, 9.17) is 16.3 Å². The highest BCUT2D eigenvalue weighted by atomic mass is 35.5. The van der Waals surface area contributed by atoms with Gasteiger partial charge in [0.2, 0.25) is 0 Å². The summed E-state index contributed by atoms with van der Waals surface area (Å²) in [5.74, 6) is 1.94. The maximum Gasteiger partial charge on any atom is 0.122 e. The van der Waals surface area contributed by atoms with Crippen molar-refractivity contribution in [3.63, 3.8) is 0 Å². The van der Waals surface area contributed by atoms with Gasteiger partial charge in [-0.15, -0.1) is 11.6 Å². The van der Waals surface area contributed by atoms with E-state index in [1.165, 1.54) is 11.1 Å². The number of hydrogen-bond donors (Lipinski definition) is 0. The van der Waals surface area contributed by atoms with Gasteiger partial charge in [-0.05, 0) is 29.5 Å². The molecule has 0 amide bonds. The number of para-hydroxylation sites is 1. The molecule has 0 fully saturated rings. The van der Waals surface area contributed by atoms with Crippen LogP contribution in [-0.2, 0) is 6.42 Å². The Morgan fingerprint density at radius 2 is 1.68 bits per heavy atom. The van der Waals surface area contributed by atoms with Gasteiger partial charge in [0.05, 0.1) is 5.88 Å². The third kappa shape index (κ3) is 4.00. The summed E-state index contributed by atoms with van der Waals surface area (Å²) < 4.78 is 5.69. The number of rotatable bonds is 6. The van der Waals surface area contributed by atoms with E-state index in [-0.39, 0.29) is 0 Å². The first-order valence-electron chi connectivity index (χ1n) is 6.63. The molecule has 0 bridgehead atoms. The molecule has 0 heterocycles. The largest absolute Gasteiger partial charge is 0.492 e. The zero-order chi connectivity index (χ0) is 13.5. The van der Waals surface area contributed by atoms with Crippen LogP contribution in [0.2, 0.25) is 0 Å². The standard InChI is InChI=1S/C17H19ClO/c1-14(15-7-3-2-4-8-15)13-16-9-5-6-10-17(16)19-12-11-18/h2-10,14H,11-13H2,1H3. The van der Waals surface area contributed by atoms with Crippen LogP contribution in [0.15, 0.2) is 54.6 Å². The predicted molar refractivity (Wildman–Crippen MR) is 81.2 cm³/mol. The summed E-state index contributed by atoms with van der Waals surface area (Å²) in [6, 6.07) is 18.8. The molecule has 1 unspecified atom stereocenters. The molecule has 0 spiro atoms. The molecule has 1 nitrogen and oxygen atoms in total. The number of benzene rings is 2. The van der Waals surface area contributed by atoms with E-state index in [9.17, 15) is 0 Å². The Bertz CT molecular complexity index is 496. The number of ether oxygens (including phenoxy) is 1. The third-order valence-electron chi connectivity index (χ3n) is 3.20. The molecule has 0 aliphatic heterocycles. The second-order valence-corrected chi connectivity index (χ2v) is 5.04. The first-order valence-corrected chi connectivity index (χ1v) is 7.16. The van der Waals surface area contributed by atoms with Crippen LogP contribution in [0.25, 0.3) is 0 Å². The lowest BCUT2D eigenvalue weighted by atomic mass is 9.93. The summed E-state index contributed by atoms with van der Waals surface area (Å²) >= 11 is 5.68. The normalized spacial score (nSPS) is 12.1. The minimum atomic E-state index is 0.474. The summed E-state index contributed by atoms with van der Waals surface area (Å²) in [5.41, 5.74) is 2.60. The van der Waals surface area contributed by atoms with Crippen molar-refractivity contribution < 1.29 is 4.74 Å². The van der Waals surface area contributed by atoms with Crippen molar-refractivity contribution in [3.8, 4) is 5.75 Å². The molecule has 0 aliphatic carbocycles. The van der Waals surface area contributed by atoms with E-state index in [2.05, 4.69) is 43.3 Å². The summed E-state index contributed by atoms with van der Waals surface area (Å²) in [6.45, 7) is 2.80. The average Bonchev–Trinajstić information content (AvgIpc) is 2.47. The highest BCUT2D eigenvalue weighted by Gasteiger charge is 2.10. The van der Waals surface area contributed by atoms with Crippen LogP contribution in [-0.4, -0.2) is 12.5 Å². The van der Waals surface area contributed by atoms with Crippen molar-refractivity contribution in [3.05, 3.63) is 65.7 Å². The summed E-state index contributed by atoms with van der Waals surface area (Å²) in [4.78, 5) is 0. The number of hydrogen-bond acceptors (Lipinski definition) is 1. The Morgan fingerprint density at radius 1 is 1.00 bits per heavy atom. The monoisotopic (exact) mass is 274 g/mol. The van der Waals surface area contributed by atoms with Gasteiger partial charge in [-0.25, -0.2) is 0 Å². The van der Waals surface area contributed by atoms with Gasteiger partial charge < -0.3 is 4.74 Å². The van der Waals surface area contributed by atoms with Crippen LogP contribution < -0.4 is 4.74 Å². The first kappa shape index (κ1) is 14.0. The van der Waals surface area contributed by atoms with Crippen LogP contribution in [0.3, 0.4) is 0 Å². The summed E-state index contributed by atoms with van der Waals surface area (Å²) in [6.07, 6.45) is 0.975. The smallest absolute Gasteiger partial charge is 0.122 e. The molecule has 0 radical (unpaired) electrons. The van der Waals surface area contributed by atoms with E-state index in [0.717, 1.165) is 12.2 Å². The van der Waals surface area contributed by atoms with Gasteiger partial charge in [0.15, 0.2) is 0 Å². The molecule has 0 aromatic heterocycles. The molecule has 2 heteroatoms. The van der Waals surface area contributed by atoms with Gasteiger partial charge in [-0.1, -0.05) is 55.5 Å². The Morgan fingerprint density at radius 3 is 2.42 bits per heavy atom. The van der Waals surface area contributed by atoms with Crippen molar-refractivity contribution in [1.82, 2.24) is 0 Å². The molecule has 2 aromatic carbocycles. The lowest BCUT2D eigenvalue weighted by Crippen LogP contribution is -2.04. The summed E-state index contributed by atoms with van der Waals surface area (Å²) in [7, 11) is 0. The molecule has 1 atom stereocenters. The van der Waals surface area contributed by atoms with Crippen molar-refractivity contribution >= 4 is 11.6 Å². The maximum atomic E-state index is 5.69. The Balaban J connectivity index is 2.10. The van der Waals surface area contributed by atoms with Crippen LogP contribution in [0, 0.1) is 0 Å². The molecule has 19 heavy (non-hydrogen) atoms. The molecule has 2 aromatic rings. The molecule has 100 valence electrons. The first-order chi connectivity index (χ1) is 9.31. The van der Waals surface area contributed by atoms with Crippen LogP contribution in [0.5, 0.6) is 5.75 Å². The third-order valence-corrected chi connectivity index (χ3v) is 3.36. The number of alkyl halides is 1. The fraction of sp³-hybridized carbons (Fsp3) is 0.294. The molecular weight excluding hydrogens is 256 g/mol. The Kier molecular flexibility index (Phi) is 5.29. The lowest BCUT2D eigenvalue weighted by Gasteiger charge is -2.15. The highest BCUT2D eigenvalue weighted by Crippen LogP contribution is 2.26. The van der Waals surface area contributed by atoms with Gasteiger partial charge in [-0.3, -0.25) is 0 Å². The van der Waals surface area contributed by atoms with E-state index >= 15 is 0 Å². The summed E-state index contributed by atoms with van der Waals surface area (Å²) in [5, 5.41) is 0. The number of halogens is 1. The van der Waals surface area contributed by atoms with Crippen LogP contribution in [0.1, 0.15) is 24.0 Å². The molecule has 0 aliphatic rings. The fourth-order valence-electron chi connectivity index (χ4n) is 2.19. The maximum absolute atomic E-state index is 5.69. The van der Waals surface area contributed by atoms with E-state index in [1.807, 2.05) is 18.2 Å². The molecule has 0 saturated heterocycles. The molecule has 0 N–H and O–H groups in total. The van der Waals surface area contributed by atoms with Crippen molar-refractivity contribution in [2.24, 2.45) is 0 Å². The zero-order valence-corrected chi connectivity index (χ0v) is 11.9. The van der Waals surface area contributed by atoms with Gasteiger partial charge in [0.25, 0.3) is 0 Å². The predicted octanol–water partition coefficient (Wildman–Crippen LogP) is 4.65. The Hall–Kier alpha value is -1.47. The van der Waals surface area contributed by atoms with Crippen LogP contribution >= 0.6 is 11.6 Å². The molecular formula is C17H19ClO. The zero-order valence-electron chi connectivity index (χ0n) is 11.2. The minimum absolute atomic E-state index is 0.474. The molecule has 2 rings (SSSR count). The molecule has 0 saturated carbocycles. The Labute approximate surface area is 120 Å².